The molecule has 1 aromatic heterocycles. The molecular formula is C14H15F3N4. The molecule has 0 unspecified atom stereocenters. The number of halogens is 3. The summed E-state index contributed by atoms with van der Waals surface area (Å²) in [6.07, 6.45) is -3.65. The Bertz CT molecular complexity index is 635. The normalized spacial score (nSPS) is 21.5. The molecule has 0 amide bonds. The molecule has 2 atom stereocenters. The molecule has 7 heteroatoms. The van der Waals surface area contributed by atoms with Crippen LogP contribution in [0.3, 0.4) is 0 Å². The van der Waals surface area contributed by atoms with E-state index in [1.54, 1.807) is 0 Å². The van der Waals surface area contributed by atoms with Crippen LogP contribution in [0.5, 0.6) is 0 Å². The molecule has 3 rings (SSSR count). The number of aromatic nitrogens is 2. The lowest BCUT2D eigenvalue weighted by Gasteiger charge is -2.17. The molecule has 0 spiro atoms. The fraction of sp³-hybridized carbons (Fsp3) is 0.357. The van der Waals surface area contributed by atoms with Gasteiger partial charge in [0, 0.05) is 24.3 Å². The van der Waals surface area contributed by atoms with Crippen LogP contribution < -0.4 is 11.1 Å². The van der Waals surface area contributed by atoms with E-state index in [1.165, 1.54) is 5.56 Å². The molecular weight excluding hydrogens is 281 g/mol. The monoisotopic (exact) mass is 296 g/mol. The van der Waals surface area contributed by atoms with E-state index in [1.807, 2.05) is 24.3 Å². The Hall–Kier alpha value is -1.86. The SMILES string of the molecule is N[C@@H]1c2ccccc2C[C@H]1NCc1cc(C(F)(F)F)n[nH]1. The fourth-order valence-electron chi connectivity index (χ4n) is 2.66. The highest BCUT2D eigenvalue weighted by Gasteiger charge is 2.34. The zero-order valence-electron chi connectivity index (χ0n) is 11.1. The van der Waals surface area contributed by atoms with Crippen molar-refractivity contribution in [3.63, 3.8) is 0 Å². The van der Waals surface area contributed by atoms with Gasteiger partial charge in [-0.2, -0.15) is 18.3 Å². The van der Waals surface area contributed by atoms with Crippen LogP contribution in [0.4, 0.5) is 13.2 Å². The molecule has 112 valence electrons. The second kappa shape index (κ2) is 5.16. The first-order valence-corrected chi connectivity index (χ1v) is 6.63. The van der Waals surface area contributed by atoms with Crippen molar-refractivity contribution >= 4 is 0 Å². The number of nitrogens with two attached hydrogens (primary N) is 1. The third kappa shape index (κ3) is 2.79. The number of hydrogen-bond acceptors (Lipinski definition) is 3. The van der Waals surface area contributed by atoms with Gasteiger partial charge in [-0.1, -0.05) is 24.3 Å². The molecule has 1 aliphatic rings. The number of fused-ring (bicyclic) bond motifs is 1. The highest BCUT2D eigenvalue weighted by atomic mass is 19.4. The molecule has 0 radical (unpaired) electrons. The maximum atomic E-state index is 12.5. The summed E-state index contributed by atoms with van der Waals surface area (Å²) in [4.78, 5) is 0. The van der Waals surface area contributed by atoms with Crippen LogP contribution in [0.1, 0.15) is 28.6 Å². The average Bonchev–Trinajstić information content (AvgIpc) is 3.02. The van der Waals surface area contributed by atoms with E-state index in [-0.39, 0.29) is 18.6 Å². The Balaban J connectivity index is 1.63. The number of aromatic amines is 1. The van der Waals surface area contributed by atoms with Crippen molar-refractivity contribution in [3.8, 4) is 0 Å². The van der Waals surface area contributed by atoms with Gasteiger partial charge in [0.2, 0.25) is 0 Å². The molecule has 4 N–H and O–H groups in total. The van der Waals surface area contributed by atoms with E-state index in [0.29, 0.717) is 5.69 Å². The second-order valence-corrected chi connectivity index (χ2v) is 5.19. The topological polar surface area (TPSA) is 66.7 Å². The van der Waals surface area contributed by atoms with Gasteiger partial charge in [0.05, 0.1) is 0 Å². The van der Waals surface area contributed by atoms with E-state index in [9.17, 15) is 13.2 Å². The average molecular weight is 296 g/mol. The number of benzene rings is 1. The third-order valence-electron chi connectivity index (χ3n) is 3.76. The van der Waals surface area contributed by atoms with Crippen LogP contribution in [0.2, 0.25) is 0 Å². The maximum Gasteiger partial charge on any atom is 0.435 e. The smallest absolute Gasteiger partial charge is 0.323 e. The summed E-state index contributed by atoms with van der Waals surface area (Å²) in [7, 11) is 0. The molecule has 0 bridgehead atoms. The number of rotatable bonds is 3. The molecule has 1 aliphatic carbocycles. The summed E-state index contributed by atoms with van der Waals surface area (Å²) >= 11 is 0. The van der Waals surface area contributed by atoms with Crippen LogP contribution in [0, 0.1) is 0 Å². The molecule has 0 aliphatic heterocycles. The Kier molecular flexibility index (Phi) is 3.46. The molecule has 21 heavy (non-hydrogen) atoms. The maximum absolute atomic E-state index is 12.5. The van der Waals surface area contributed by atoms with Gasteiger partial charge < -0.3 is 11.1 Å². The Morgan fingerprint density at radius 2 is 2.10 bits per heavy atom. The van der Waals surface area contributed by atoms with Gasteiger partial charge >= 0.3 is 6.18 Å². The minimum Gasteiger partial charge on any atom is -0.323 e. The summed E-state index contributed by atoms with van der Waals surface area (Å²) in [5.41, 5.74) is 7.93. The lowest BCUT2D eigenvalue weighted by atomic mass is 10.1. The fourth-order valence-corrected chi connectivity index (χ4v) is 2.66. The summed E-state index contributed by atoms with van der Waals surface area (Å²) in [6, 6.07) is 8.78. The van der Waals surface area contributed by atoms with Gasteiger partial charge in [0.25, 0.3) is 0 Å². The lowest BCUT2D eigenvalue weighted by molar-refractivity contribution is -0.141. The standard InChI is InChI=1S/C14H15F3N4/c15-14(16,17)12-6-9(20-21-12)7-19-11-5-8-3-1-2-4-10(8)13(11)18/h1-4,6,11,13,19H,5,7,18H2,(H,20,21)/t11-,13-/m1/s1. The Morgan fingerprint density at radius 1 is 1.33 bits per heavy atom. The van der Waals surface area contributed by atoms with Gasteiger partial charge in [-0.05, 0) is 23.6 Å². The number of alkyl halides is 3. The summed E-state index contributed by atoms with van der Waals surface area (Å²) in [5.74, 6) is 0. The first-order chi connectivity index (χ1) is 9.95. The highest BCUT2D eigenvalue weighted by Crippen LogP contribution is 2.30. The first-order valence-electron chi connectivity index (χ1n) is 6.63. The number of nitrogens with zero attached hydrogens (tertiary/aromatic N) is 1. The van der Waals surface area contributed by atoms with Crippen molar-refractivity contribution in [2.45, 2.75) is 31.2 Å². The quantitative estimate of drug-likeness (QED) is 0.813. The molecule has 1 heterocycles. The van der Waals surface area contributed by atoms with Crippen LogP contribution in [-0.4, -0.2) is 16.2 Å². The molecule has 4 nitrogen and oxygen atoms in total. The molecule has 0 fully saturated rings. The van der Waals surface area contributed by atoms with Crippen LogP contribution >= 0.6 is 0 Å². The van der Waals surface area contributed by atoms with E-state index < -0.39 is 11.9 Å². The second-order valence-electron chi connectivity index (χ2n) is 5.19. The third-order valence-corrected chi connectivity index (χ3v) is 3.76. The van der Waals surface area contributed by atoms with Crippen LogP contribution in [0.25, 0.3) is 0 Å². The van der Waals surface area contributed by atoms with Gasteiger partial charge in [0.15, 0.2) is 5.69 Å². The van der Waals surface area contributed by atoms with Crippen molar-refractivity contribution in [1.29, 1.82) is 0 Å². The van der Waals surface area contributed by atoms with Crippen molar-refractivity contribution < 1.29 is 13.2 Å². The molecule has 1 aromatic carbocycles. The summed E-state index contributed by atoms with van der Waals surface area (Å²) in [6.45, 7) is 0.273. The lowest BCUT2D eigenvalue weighted by Crippen LogP contribution is -2.36. The minimum absolute atomic E-state index is 0.0139. The summed E-state index contributed by atoms with van der Waals surface area (Å²) < 4.78 is 37.4. The Labute approximate surface area is 119 Å². The number of nitrogens with one attached hydrogen (secondary N) is 2. The zero-order valence-corrected chi connectivity index (χ0v) is 11.1. The molecule has 2 aromatic rings. The molecule has 0 saturated carbocycles. The predicted octanol–water partition coefficient (Wildman–Crippen LogP) is 2.14. The number of H-pyrrole nitrogens is 1. The summed E-state index contributed by atoms with van der Waals surface area (Å²) in [5, 5.41) is 8.86. The van der Waals surface area contributed by atoms with Crippen molar-refractivity contribution in [2.24, 2.45) is 5.73 Å². The van der Waals surface area contributed by atoms with E-state index in [4.69, 9.17) is 5.73 Å². The first kappa shape index (κ1) is 14.1. The zero-order chi connectivity index (χ0) is 15.0. The van der Waals surface area contributed by atoms with Crippen LogP contribution in [-0.2, 0) is 19.1 Å². The predicted molar refractivity (Wildman–Crippen MR) is 71.3 cm³/mol. The van der Waals surface area contributed by atoms with Crippen molar-refractivity contribution in [1.82, 2.24) is 15.5 Å². The van der Waals surface area contributed by atoms with E-state index in [2.05, 4.69) is 15.5 Å². The minimum atomic E-state index is -4.42. The van der Waals surface area contributed by atoms with Crippen molar-refractivity contribution in [2.75, 3.05) is 0 Å². The van der Waals surface area contributed by atoms with Gasteiger partial charge in [-0.3, -0.25) is 5.10 Å². The highest BCUT2D eigenvalue weighted by molar-refractivity contribution is 5.36. The van der Waals surface area contributed by atoms with Gasteiger partial charge in [-0.25, -0.2) is 0 Å². The van der Waals surface area contributed by atoms with Gasteiger partial charge in [-0.15, -0.1) is 0 Å². The van der Waals surface area contributed by atoms with Crippen molar-refractivity contribution in [3.05, 3.63) is 52.8 Å². The number of hydrogen-bond donors (Lipinski definition) is 3. The van der Waals surface area contributed by atoms with Crippen LogP contribution in [0.15, 0.2) is 30.3 Å². The Morgan fingerprint density at radius 3 is 2.76 bits per heavy atom. The van der Waals surface area contributed by atoms with E-state index >= 15 is 0 Å². The van der Waals surface area contributed by atoms with E-state index in [0.717, 1.165) is 18.1 Å². The largest absolute Gasteiger partial charge is 0.435 e. The van der Waals surface area contributed by atoms with Gasteiger partial charge in [0.1, 0.15) is 0 Å². The molecule has 0 saturated heterocycles.